The minimum Gasteiger partial charge on any atom is -0.494 e. The fourth-order valence-corrected chi connectivity index (χ4v) is 2.94. The molecule has 0 unspecified atom stereocenters. The van der Waals surface area contributed by atoms with Crippen LogP contribution in [-0.2, 0) is 4.79 Å². The number of benzene rings is 3. The van der Waals surface area contributed by atoms with Crippen LogP contribution in [0.1, 0.15) is 38.8 Å². The van der Waals surface area contributed by atoms with E-state index in [1.807, 2.05) is 26.0 Å². The summed E-state index contributed by atoms with van der Waals surface area (Å²) in [5, 5.41) is 6.43. The summed E-state index contributed by atoms with van der Waals surface area (Å²) in [7, 11) is 0. The highest BCUT2D eigenvalue weighted by Crippen LogP contribution is 2.16. The number of carbonyl (C=O) groups excluding carboxylic acids is 3. The van der Waals surface area contributed by atoms with Gasteiger partial charge in [-0.25, -0.2) is 10.2 Å². The van der Waals surface area contributed by atoms with Crippen LogP contribution in [0.2, 0.25) is 0 Å². The Kier molecular flexibility index (Phi) is 8.51. The zero-order valence-corrected chi connectivity index (χ0v) is 18.9. The smallest absolute Gasteiger partial charge is 0.343 e. The summed E-state index contributed by atoms with van der Waals surface area (Å²) in [4.78, 5) is 36.3. The van der Waals surface area contributed by atoms with Crippen molar-refractivity contribution >= 4 is 24.0 Å². The van der Waals surface area contributed by atoms with E-state index >= 15 is 0 Å². The van der Waals surface area contributed by atoms with E-state index in [1.165, 1.54) is 6.21 Å². The number of esters is 1. The predicted octanol–water partition coefficient (Wildman–Crippen LogP) is 3.49. The number of hydrazone groups is 1. The van der Waals surface area contributed by atoms with Crippen LogP contribution in [0.3, 0.4) is 0 Å². The molecule has 2 N–H and O–H groups in total. The molecule has 8 nitrogen and oxygen atoms in total. The molecule has 0 fully saturated rings. The maximum absolute atomic E-state index is 12.3. The summed E-state index contributed by atoms with van der Waals surface area (Å²) < 4.78 is 10.7. The molecule has 0 bridgehead atoms. The van der Waals surface area contributed by atoms with Gasteiger partial charge < -0.3 is 14.8 Å². The van der Waals surface area contributed by atoms with Gasteiger partial charge >= 0.3 is 5.97 Å². The van der Waals surface area contributed by atoms with E-state index < -0.39 is 11.9 Å². The van der Waals surface area contributed by atoms with Gasteiger partial charge in [-0.1, -0.05) is 18.2 Å². The molecule has 0 aromatic heterocycles. The van der Waals surface area contributed by atoms with Crippen molar-refractivity contribution in [1.29, 1.82) is 0 Å². The van der Waals surface area contributed by atoms with Gasteiger partial charge in [-0.3, -0.25) is 9.59 Å². The van der Waals surface area contributed by atoms with Gasteiger partial charge in [-0.15, -0.1) is 0 Å². The van der Waals surface area contributed by atoms with Crippen LogP contribution in [-0.4, -0.2) is 37.1 Å². The Labute approximate surface area is 197 Å². The summed E-state index contributed by atoms with van der Waals surface area (Å²) >= 11 is 0. The second-order valence-corrected chi connectivity index (χ2v) is 7.21. The molecule has 0 aliphatic rings. The molecule has 8 heteroatoms. The van der Waals surface area contributed by atoms with E-state index in [4.69, 9.17) is 9.47 Å². The molecular weight excluding hydrogens is 434 g/mol. The lowest BCUT2D eigenvalue weighted by molar-refractivity contribution is -0.120. The van der Waals surface area contributed by atoms with Crippen molar-refractivity contribution in [1.82, 2.24) is 10.7 Å². The normalized spacial score (nSPS) is 10.5. The van der Waals surface area contributed by atoms with Crippen LogP contribution in [0.25, 0.3) is 0 Å². The van der Waals surface area contributed by atoms with Crippen LogP contribution in [0.5, 0.6) is 11.5 Å². The number of nitrogens with zero attached hydrogens (tertiary/aromatic N) is 1. The third-order valence-corrected chi connectivity index (χ3v) is 4.69. The lowest BCUT2D eigenvalue weighted by Gasteiger charge is -2.07. The Balaban J connectivity index is 1.45. The minimum absolute atomic E-state index is 0.203. The molecular formula is C26H25N3O5. The molecule has 0 aliphatic heterocycles. The first-order valence-corrected chi connectivity index (χ1v) is 10.7. The molecule has 3 aromatic rings. The number of aryl methyl sites for hydroxylation is 1. The largest absolute Gasteiger partial charge is 0.494 e. The number of hydrogen-bond acceptors (Lipinski definition) is 6. The van der Waals surface area contributed by atoms with Crippen molar-refractivity contribution in [2.45, 2.75) is 13.8 Å². The molecule has 0 aliphatic carbocycles. The fourth-order valence-electron chi connectivity index (χ4n) is 2.94. The molecule has 0 atom stereocenters. The Hall–Kier alpha value is -4.46. The Morgan fingerprint density at radius 1 is 0.912 bits per heavy atom. The highest BCUT2D eigenvalue weighted by molar-refractivity contribution is 5.97. The Morgan fingerprint density at radius 3 is 2.26 bits per heavy atom. The van der Waals surface area contributed by atoms with Crippen molar-refractivity contribution in [3.63, 3.8) is 0 Å². The molecule has 0 spiro atoms. The number of carbonyl (C=O) groups is 3. The average molecular weight is 460 g/mol. The van der Waals surface area contributed by atoms with Crippen molar-refractivity contribution in [3.8, 4) is 11.5 Å². The lowest BCUT2D eigenvalue weighted by atomic mass is 10.1. The molecule has 3 rings (SSSR count). The maximum Gasteiger partial charge on any atom is 0.343 e. The molecule has 174 valence electrons. The van der Waals surface area contributed by atoms with Crippen LogP contribution in [0, 0.1) is 6.92 Å². The standard InChI is InChI=1S/C26H25N3O5/c1-3-33-21-14-10-20(11-15-21)26(32)34-22-12-8-19(9-13-22)16-28-29-24(30)17-27-25(31)23-7-5-4-6-18(23)2/h4-16H,3,17H2,1-2H3,(H,27,31)(H,29,30)/b28-16-. The van der Waals surface area contributed by atoms with Crippen molar-refractivity contribution < 1.29 is 23.9 Å². The molecule has 0 radical (unpaired) electrons. The molecule has 2 amide bonds. The average Bonchev–Trinajstić information content (AvgIpc) is 2.84. The fraction of sp³-hybridized carbons (Fsp3) is 0.154. The number of nitrogens with one attached hydrogen (secondary N) is 2. The SMILES string of the molecule is CCOc1ccc(C(=O)Oc2ccc(/C=N\NC(=O)CNC(=O)c3ccccc3C)cc2)cc1. The second-order valence-electron chi connectivity index (χ2n) is 7.21. The third kappa shape index (κ3) is 7.03. The van der Waals surface area contributed by atoms with Gasteiger partial charge in [0.2, 0.25) is 0 Å². The van der Waals surface area contributed by atoms with Crippen LogP contribution in [0.4, 0.5) is 0 Å². The zero-order valence-electron chi connectivity index (χ0n) is 18.9. The highest BCUT2D eigenvalue weighted by Gasteiger charge is 2.10. The van der Waals surface area contributed by atoms with Gasteiger partial charge in [0, 0.05) is 5.56 Å². The Morgan fingerprint density at radius 2 is 1.59 bits per heavy atom. The number of amides is 2. The van der Waals surface area contributed by atoms with E-state index in [2.05, 4.69) is 15.8 Å². The number of hydrogen-bond donors (Lipinski definition) is 2. The van der Waals surface area contributed by atoms with Gasteiger partial charge in [0.05, 0.1) is 24.9 Å². The van der Waals surface area contributed by atoms with Gasteiger partial charge in [0.15, 0.2) is 0 Å². The van der Waals surface area contributed by atoms with Crippen LogP contribution in [0.15, 0.2) is 77.9 Å². The van der Waals surface area contributed by atoms with E-state index in [-0.39, 0.29) is 12.5 Å². The third-order valence-electron chi connectivity index (χ3n) is 4.69. The quantitative estimate of drug-likeness (QED) is 0.221. The van der Waals surface area contributed by atoms with E-state index in [0.717, 1.165) is 5.56 Å². The summed E-state index contributed by atoms with van der Waals surface area (Å²) in [6.45, 7) is 4.06. The van der Waals surface area contributed by atoms with E-state index in [9.17, 15) is 14.4 Å². The number of ether oxygens (including phenoxy) is 2. The predicted molar refractivity (Wildman–Crippen MR) is 128 cm³/mol. The molecule has 3 aromatic carbocycles. The summed E-state index contributed by atoms with van der Waals surface area (Å²) in [6, 6.07) is 20.4. The van der Waals surface area contributed by atoms with Crippen LogP contribution < -0.4 is 20.2 Å². The first kappa shape index (κ1) is 24.2. The van der Waals surface area contributed by atoms with Gasteiger partial charge in [-0.2, -0.15) is 5.10 Å². The van der Waals surface area contributed by atoms with Gasteiger partial charge in [-0.05, 0) is 79.6 Å². The monoisotopic (exact) mass is 459 g/mol. The lowest BCUT2D eigenvalue weighted by Crippen LogP contribution is -2.35. The van der Waals surface area contributed by atoms with Crippen molar-refractivity contribution in [2.24, 2.45) is 5.10 Å². The molecule has 0 heterocycles. The highest BCUT2D eigenvalue weighted by atomic mass is 16.5. The second kappa shape index (κ2) is 12.0. The summed E-state index contributed by atoms with van der Waals surface area (Å²) in [5.41, 5.74) is 4.79. The van der Waals surface area contributed by atoms with Gasteiger partial charge in [0.1, 0.15) is 11.5 Å². The zero-order chi connectivity index (χ0) is 24.3. The molecule has 0 saturated carbocycles. The Bertz CT molecular complexity index is 1170. The minimum atomic E-state index is -0.482. The number of rotatable bonds is 9. The van der Waals surface area contributed by atoms with E-state index in [1.54, 1.807) is 60.7 Å². The maximum atomic E-state index is 12.3. The van der Waals surface area contributed by atoms with Crippen LogP contribution >= 0.6 is 0 Å². The van der Waals surface area contributed by atoms with Crippen molar-refractivity contribution in [3.05, 3.63) is 95.1 Å². The van der Waals surface area contributed by atoms with E-state index in [0.29, 0.717) is 34.8 Å². The van der Waals surface area contributed by atoms with Gasteiger partial charge in [0.25, 0.3) is 11.8 Å². The summed E-state index contributed by atoms with van der Waals surface area (Å²) in [5.74, 6) is -0.210. The first-order chi connectivity index (χ1) is 16.5. The first-order valence-electron chi connectivity index (χ1n) is 10.7. The molecule has 34 heavy (non-hydrogen) atoms. The topological polar surface area (TPSA) is 106 Å². The summed E-state index contributed by atoms with van der Waals surface area (Å²) in [6.07, 6.45) is 1.44. The molecule has 0 saturated heterocycles. The van der Waals surface area contributed by atoms with Crippen molar-refractivity contribution in [2.75, 3.05) is 13.2 Å².